The van der Waals surface area contributed by atoms with Crippen LogP contribution < -0.4 is 16.0 Å². The second kappa shape index (κ2) is 7.69. The molecule has 144 valence electrons. The van der Waals surface area contributed by atoms with Crippen LogP contribution in [0.5, 0.6) is 0 Å². The lowest BCUT2D eigenvalue weighted by Crippen LogP contribution is -2.36. The number of hydrogen-bond acceptors (Lipinski definition) is 6. The number of nitrogen functional groups attached to an aromatic ring is 1. The Morgan fingerprint density at radius 1 is 1.14 bits per heavy atom. The van der Waals surface area contributed by atoms with E-state index in [0.717, 1.165) is 29.9 Å². The van der Waals surface area contributed by atoms with Crippen molar-refractivity contribution in [3.05, 3.63) is 54.6 Å². The Balaban J connectivity index is 1.50. The number of morpholine rings is 1. The summed E-state index contributed by atoms with van der Waals surface area (Å²) in [7, 11) is 1.86. The molecule has 1 aliphatic heterocycles. The number of carbonyl (C=O) groups excluding carboxylic acids is 1. The molecule has 0 unspecified atom stereocenters. The summed E-state index contributed by atoms with van der Waals surface area (Å²) in [4.78, 5) is 19.1. The number of aromatic nitrogens is 3. The maximum atomic E-state index is 12.6. The third-order valence-corrected chi connectivity index (χ3v) is 4.70. The Hall–Kier alpha value is -3.39. The molecule has 0 bridgehead atoms. The number of anilines is 3. The van der Waals surface area contributed by atoms with Crippen LogP contribution in [0.3, 0.4) is 0 Å². The summed E-state index contributed by atoms with van der Waals surface area (Å²) < 4.78 is 7.11. The summed E-state index contributed by atoms with van der Waals surface area (Å²) in [5.41, 5.74) is 10.3. The lowest BCUT2D eigenvalue weighted by atomic mass is 10.1. The van der Waals surface area contributed by atoms with Crippen molar-refractivity contribution >= 4 is 23.0 Å². The van der Waals surface area contributed by atoms with Gasteiger partial charge in [-0.15, -0.1) is 0 Å². The molecule has 1 aliphatic rings. The first-order chi connectivity index (χ1) is 13.6. The molecular weight excluding hydrogens is 356 g/mol. The van der Waals surface area contributed by atoms with Gasteiger partial charge in [0.1, 0.15) is 5.69 Å². The number of nitrogens with two attached hydrogens (primary N) is 1. The number of nitrogens with one attached hydrogen (secondary N) is 1. The van der Waals surface area contributed by atoms with E-state index in [4.69, 9.17) is 10.5 Å². The van der Waals surface area contributed by atoms with Crippen LogP contribution in [0.15, 0.2) is 48.9 Å². The van der Waals surface area contributed by atoms with Crippen LogP contribution >= 0.6 is 0 Å². The van der Waals surface area contributed by atoms with E-state index in [0.29, 0.717) is 30.3 Å². The van der Waals surface area contributed by atoms with Crippen molar-refractivity contribution in [3.63, 3.8) is 0 Å². The molecule has 1 aromatic carbocycles. The lowest BCUT2D eigenvalue weighted by molar-refractivity contribution is 0.102. The van der Waals surface area contributed by atoms with E-state index in [2.05, 4.69) is 20.3 Å². The maximum absolute atomic E-state index is 12.6. The van der Waals surface area contributed by atoms with E-state index in [1.54, 1.807) is 29.2 Å². The summed E-state index contributed by atoms with van der Waals surface area (Å²) in [5, 5.41) is 7.02. The van der Waals surface area contributed by atoms with Crippen LogP contribution in [0.25, 0.3) is 11.1 Å². The molecule has 2 aromatic heterocycles. The van der Waals surface area contributed by atoms with Crippen molar-refractivity contribution in [1.29, 1.82) is 0 Å². The highest BCUT2D eigenvalue weighted by molar-refractivity contribution is 6.05. The lowest BCUT2D eigenvalue weighted by Gasteiger charge is -2.29. The minimum atomic E-state index is -0.302. The van der Waals surface area contributed by atoms with Crippen LogP contribution in [0.2, 0.25) is 0 Å². The predicted octanol–water partition coefficient (Wildman–Crippen LogP) is 2.15. The first-order valence-corrected chi connectivity index (χ1v) is 9.09. The minimum absolute atomic E-state index is 0.302. The molecular formula is C20H22N6O2. The number of nitrogens with zero attached hydrogens (tertiary/aromatic N) is 4. The molecule has 0 aliphatic carbocycles. The van der Waals surface area contributed by atoms with Crippen LogP contribution in [0.4, 0.5) is 17.1 Å². The Morgan fingerprint density at radius 2 is 1.96 bits per heavy atom. The maximum Gasteiger partial charge on any atom is 0.274 e. The zero-order valence-corrected chi connectivity index (χ0v) is 15.6. The number of ether oxygens (including phenoxy) is 1. The van der Waals surface area contributed by atoms with Gasteiger partial charge in [0.05, 0.1) is 30.8 Å². The summed E-state index contributed by atoms with van der Waals surface area (Å²) in [6.45, 7) is 3.02. The van der Waals surface area contributed by atoms with E-state index in [1.165, 1.54) is 0 Å². The van der Waals surface area contributed by atoms with Gasteiger partial charge in [0.2, 0.25) is 0 Å². The van der Waals surface area contributed by atoms with Crippen molar-refractivity contribution in [2.75, 3.05) is 42.3 Å². The molecule has 3 aromatic rings. The number of benzene rings is 1. The molecule has 8 heteroatoms. The molecule has 0 atom stereocenters. The first-order valence-electron chi connectivity index (χ1n) is 9.09. The smallest absolute Gasteiger partial charge is 0.274 e. The van der Waals surface area contributed by atoms with Crippen molar-refractivity contribution in [2.24, 2.45) is 7.05 Å². The molecule has 1 amide bonds. The molecule has 0 saturated carbocycles. The minimum Gasteiger partial charge on any atom is -0.397 e. The number of amides is 1. The Labute approximate surface area is 162 Å². The number of pyridine rings is 1. The van der Waals surface area contributed by atoms with E-state index in [1.807, 2.05) is 31.4 Å². The number of rotatable bonds is 4. The molecule has 1 fully saturated rings. The predicted molar refractivity (Wildman–Crippen MR) is 108 cm³/mol. The highest BCUT2D eigenvalue weighted by atomic mass is 16.5. The Kier molecular flexibility index (Phi) is 4.94. The van der Waals surface area contributed by atoms with Crippen LogP contribution in [0.1, 0.15) is 10.5 Å². The zero-order chi connectivity index (χ0) is 19.5. The third-order valence-electron chi connectivity index (χ3n) is 4.70. The van der Waals surface area contributed by atoms with Crippen LogP contribution in [0, 0.1) is 0 Å². The molecule has 0 radical (unpaired) electrons. The summed E-state index contributed by atoms with van der Waals surface area (Å²) in [6, 6.07) is 9.20. The van der Waals surface area contributed by atoms with Gasteiger partial charge in [0, 0.05) is 49.3 Å². The number of carbonyl (C=O) groups is 1. The standard InChI is InChI=1S/C20H22N6O2/c1-25-13-15(12-23-25)14-2-5-18(22-11-14)20(27)24-19-10-16(3-4-17(19)21)26-6-8-28-9-7-26/h2-5,10-13H,6-9,21H2,1H3,(H,24,27). The Bertz CT molecular complexity index is 977. The topological polar surface area (TPSA) is 98.3 Å². The normalized spacial score (nSPS) is 14.1. The van der Waals surface area contributed by atoms with Crippen LogP contribution in [-0.4, -0.2) is 47.0 Å². The molecule has 8 nitrogen and oxygen atoms in total. The van der Waals surface area contributed by atoms with Crippen molar-refractivity contribution < 1.29 is 9.53 Å². The van der Waals surface area contributed by atoms with Crippen molar-refractivity contribution in [2.45, 2.75) is 0 Å². The molecule has 3 heterocycles. The second-order valence-corrected chi connectivity index (χ2v) is 6.66. The highest BCUT2D eigenvalue weighted by Crippen LogP contribution is 2.27. The fourth-order valence-corrected chi connectivity index (χ4v) is 3.13. The fraction of sp³-hybridized carbons (Fsp3) is 0.250. The van der Waals surface area contributed by atoms with Gasteiger partial charge >= 0.3 is 0 Å². The van der Waals surface area contributed by atoms with E-state index in [9.17, 15) is 4.79 Å². The molecule has 3 N–H and O–H groups in total. The number of hydrogen-bond donors (Lipinski definition) is 2. The molecule has 1 saturated heterocycles. The molecule has 0 spiro atoms. The van der Waals surface area contributed by atoms with Gasteiger partial charge in [-0.25, -0.2) is 0 Å². The zero-order valence-electron chi connectivity index (χ0n) is 15.6. The van der Waals surface area contributed by atoms with Gasteiger partial charge in [0.25, 0.3) is 5.91 Å². The van der Waals surface area contributed by atoms with Crippen molar-refractivity contribution in [3.8, 4) is 11.1 Å². The van der Waals surface area contributed by atoms with Gasteiger partial charge < -0.3 is 20.7 Å². The molecule has 4 rings (SSSR count). The van der Waals surface area contributed by atoms with Crippen molar-refractivity contribution in [1.82, 2.24) is 14.8 Å². The van der Waals surface area contributed by atoms with Gasteiger partial charge in [-0.2, -0.15) is 5.10 Å². The molecule has 28 heavy (non-hydrogen) atoms. The average molecular weight is 378 g/mol. The van der Waals surface area contributed by atoms with E-state index in [-0.39, 0.29) is 5.91 Å². The van der Waals surface area contributed by atoms with Gasteiger partial charge in [-0.3, -0.25) is 14.5 Å². The Morgan fingerprint density at radius 3 is 2.64 bits per heavy atom. The number of aryl methyl sites for hydroxylation is 1. The SMILES string of the molecule is Cn1cc(-c2ccc(C(=O)Nc3cc(N4CCOCC4)ccc3N)nc2)cn1. The second-order valence-electron chi connectivity index (χ2n) is 6.66. The van der Waals surface area contributed by atoms with E-state index >= 15 is 0 Å². The summed E-state index contributed by atoms with van der Waals surface area (Å²) in [5.74, 6) is -0.302. The van der Waals surface area contributed by atoms with E-state index < -0.39 is 0 Å². The summed E-state index contributed by atoms with van der Waals surface area (Å²) >= 11 is 0. The van der Waals surface area contributed by atoms with Gasteiger partial charge in [-0.05, 0) is 24.3 Å². The largest absolute Gasteiger partial charge is 0.397 e. The highest BCUT2D eigenvalue weighted by Gasteiger charge is 2.15. The average Bonchev–Trinajstić information content (AvgIpc) is 3.17. The fourth-order valence-electron chi connectivity index (χ4n) is 3.13. The monoisotopic (exact) mass is 378 g/mol. The third kappa shape index (κ3) is 3.81. The van der Waals surface area contributed by atoms with Gasteiger partial charge in [-0.1, -0.05) is 6.07 Å². The quantitative estimate of drug-likeness (QED) is 0.675. The van der Waals surface area contributed by atoms with Crippen LogP contribution in [-0.2, 0) is 11.8 Å². The summed E-state index contributed by atoms with van der Waals surface area (Å²) in [6.07, 6.45) is 5.32. The van der Waals surface area contributed by atoms with Gasteiger partial charge in [0.15, 0.2) is 0 Å². The first kappa shape index (κ1) is 18.0.